The second-order valence-electron chi connectivity index (χ2n) is 7.00. The van der Waals surface area contributed by atoms with Crippen LogP contribution in [0.2, 0.25) is 0 Å². The fourth-order valence-electron chi connectivity index (χ4n) is 3.27. The van der Waals surface area contributed by atoms with Crippen molar-refractivity contribution in [1.82, 2.24) is 9.03 Å². The highest BCUT2D eigenvalue weighted by atomic mass is 32.2. The minimum atomic E-state index is -3.46. The van der Waals surface area contributed by atoms with Gasteiger partial charge >= 0.3 is 0 Å². The molecular weight excluding hydrogens is 276 g/mol. The van der Waals surface area contributed by atoms with E-state index in [1.165, 1.54) is 4.31 Å². The van der Waals surface area contributed by atoms with Gasteiger partial charge in [-0.3, -0.25) is 0 Å². The number of nitrogens with one attached hydrogen (secondary N) is 1. The Morgan fingerprint density at radius 1 is 1.20 bits per heavy atom. The number of hydrogen-bond donors (Lipinski definition) is 2. The van der Waals surface area contributed by atoms with Crippen molar-refractivity contribution in [2.45, 2.75) is 70.9 Å². The lowest BCUT2D eigenvalue weighted by Crippen LogP contribution is -2.53. The lowest BCUT2D eigenvalue weighted by Gasteiger charge is -2.38. The van der Waals surface area contributed by atoms with Crippen LogP contribution in [0, 0.1) is 5.41 Å². The van der Waals surface area contributed by atoms with E-state index in [0.29, 0.717) is 12.0 Å². The standard InChI is InChI=1S/C14H28N2O3S/c1-14(2)8-6-12(7-9-14)15-20(18,19)16-10-4-3-5-13(16)11-17/h12-13,15,17H,3-11H2,1-2H3. The van der Waals surface area contributed by atoms with Gasteiger partial charge in [0.1, 0.15) is 0 Å². The topological polar surface area (TPSA) is 69.6 Å². The van der Waals surface area contributed by atoms with Crippen molar-refractivity contribution >= 4 is 10.2 Å². The Morgan fingerprint density at radius 3 is 2.45 bits per heavy atom. The quantitative estimate of drug-likeness (QED) is 0.829. The van der Waals surface area contributed by atoms with Crippen LogP contribution in [0.25, 0.3) is 0 Å². The van der Waals surface area contributed by atoms with E-state index in [1.54, 1.807) is 0 Å². The fraction of sp³-hybridized carbons (Fsp3) is 1.00. The van der Waals surface area contributed by atoms with E-state index >= 15 is 0 Å². The monoisotopic (exact) mass is 304 g/mol. The van der Waals surface area contributed by atoms with E-state index in [9.17, 15) is 13.5 Å². The summed E-state index contributed by atoms with van der Waals surface area (Å²) in [6.45, 7) is 4.92. The molecule has 1 saturated carbocycles. The van der Waals surface area contributed by atoms with Gasteiger partial charge in [-0.1, -0.05) is 20.3 Å². The predicted octanol–water partition coefficient (Wildman–Crippen LogP) is 1.64. The van der Waals surface area contributed by atoms with Crippen molar-refractivity contribution in [3.63, 3.8) is 0 Å². The van der Waals surface area contributed by atoms with Crippen molar-refractivity contribution in [3.8, 4) is 0 Å². The highest BCUT2D eigenvalue weighted by Crippen LogP contribution is 2.35. The maximum Gasteiger partial charge on any atom is 0.280 e. The first-order valence-electron chi connectivity index (χ1n) is 7.74. The molecule has 1 unspecified atom stereocenters. The molecule has 0 bridgehead atoms. The molecule has 118 valence electrons. The van der Waals surface area contributed by atoms with Crippen LogP contribution < -0.4 is 4.72 Å². The molecule has 20 heavy (non-hydrogen) atoms. The van der Waals surface area contributed by atoms with E-state index in [0.717, 1.165) is 44.9 Å². The van der Waals surface area contributed by atoms with E-state index < -0.39 is 10.2 Å². The molecule has 2 fully saturated rings. The number of nitrogens with zero attached hydrogens (tertiary/aromatic N) is 1. The van der Waals surface area contributed by atoms with Crippen molar-refractivity contribution in [1.29, 1.82) is 0 Å². The van der Waals surface area contributed by atoms with Gasteiger partial charge in [-0.2, -0.15) is 17.4 Å². The Labute approximate surface area is 122 Å². The van der Waals surface area contributed by atoms with Crippen molar-refractivity contribution in [3.05, 3.63) is 0 Å². The van der Waals surface area contributed by atoms with E-state index in [4.69, 9.17) is 0 Å². The highest BCUT2D eigenvalue weighted by molar-refractivity contribution is 7.87. The smallest absolute Gasteiger partial charge is 0.280 e. The molecule has 0 aromatic carbocycles. The maximum atomic E-state index is 12.5. The van der Waals surface area contributed by atoms with Crippen LogP contribution in [0.4, 0.5) is 0 Å². The van der Waals surface area contributed by atoms with Gasteiger partial charge in [0.05, 0.1) is 6.61 Å². The zero-order valence-electron chi connectivity index (χ0n) is 12.6. The van der Waals surface area contributed by atoms with Crippen LogP contribution in [0.15, 0.2) is 0 Å². The van der Waals surface area contributed by atoms with E-state index in [-0.39, 0.29) is 18.7 Å². The SMILES string of the molecule is CC1(C)CCC(NS(=O)(=O)N2CCCCC2CO)CC1. The van der Waals surface area contributed by atoms with Gasteiger partial charge in [0.25, 0.3) is 10.2 Å². The Balaban J connectivity index is 1.96. The van der Waals surface area contributed by atoms with E-state index in [1.807, 2.05) is 0 Å². The van der Waals surface area contributed by atoms with Gasteiger partial charge in [-0.25, -0.2) is 0 Å². The first kappa shape index (κ1) is 16.2. The summed E-state index contributed by atoms with van der Waals surface area (Å²) in [7, 11) is -3.46. The second-order valence-corrected chi connectivity index (χ2v) is 8.66. The first-order chi connectivity index (χ1) is 9.34. The third-order valence-electron chi connectivity index (χ3n) is 4.75. The van der Waals surface area contributed by atoms with Gasteiger partial charge in [-0.15, -0.1) is 0 Å². The molecule has 0 spiro atoms. The number of rotatable bonds is 4. The molecule has 1 heterocycles. The predicted molar refractivity (Wildman–Crippen MR) is 79.5 cm³/mol. The van der Waals surface area contributed by atoms with Crippen LogP contribution in [0.5, 0.6) is 0 Å². The molecule has 2 N–H and O–H groups in total. The Kier molecular flexibility index (Phi) is 5.10. The van der Waals surface area contributed by atoms with Gasteiger partial charge in [0.2, 0.25) is 0 Å². The molecule has 2 aliphatic rings. The zero-order chi connectivity index (χ0) is 14.8. The molecule has 1 aliphatic heterocycles. The molecule has 0 aromatic rings. The molecule has 1 aliphatic carbocycles. The van der Waals surface area contributed by atoms with Crippen LogP contribution in [-0.4, -0.2) is 43.1 Å². The summed E-state index contributed by atoms with van der Waals surface area (Å²) in [5.41, 5.74) is 0.334. The number of hydrogen-bond acceptors (Lipinski definition) is 3. The summed E-state index contributed by atoms with van der Waals surface area (Å²) in [6.07, 6.45) is 6.57. The van der Waals surface area contributed by atoms with Crippen molar-refractivity contribution < 1.29 is 13.5 Å². The highest BCUT2D eigenvalue weighted by Gasteiger charge is 2.35. The van der Waals surface area contributed by atoms with Crippen LogP contribution >= 0.6 is 0 Å². The fourth-order valence-corrected chi connectivity index (χ4v) is 4.99. The normalized spacial score (nSPS) is 29.4. The summed E-state index contributed by atoms with van der Waals surface area (Å²) >= 11 is 0. The van der Waals surface area contributed by atoms with Gasteiger partial charge in [-0.05, 0) is 43.9 Å². The Morgan fingerprint density at radius 2 is 1.85 bits per heavy atom. The molecule has 5 nitrogen and oxygen atoms in total. The minimum Gasteiger partial charge on any atom is -0.395 e. The van der Waals surface area contributed by atoms with Gasteiger partial charge in [0, 0.05) is 18.6 Å². The minimum absolute atomic E-state index is 0.0503. The maximum absolute atomic E-state index is 12.5. The number of aliphatic hydroxyl groups excluding tert-OH is 1. The average Bonchev–Trinajstić information content (AvgIpc) is 2.41. The molecule has 0 amide bonds. The Bertz CT molecular complexity index is 412. The largest absolute Gasteiger partial charge is 0.395 e. The van der Waals surface area contributed by atoms with Crippen LogP contribution in [-0.2, 0) is 10.2 Å². The molecule has 2 rings (SSSR count). The van der Waals surface area contributed by atoms with Crippen LogP contribution in [0.3, 0.4) is 0 Å². The molecular formula is C14H28N2O3S. The lowest BCUT2D eigenvalue weighted by molar-refractivity contribution is 0.151. The summed E-state index contributed by atoms with van der Waals surface area (Å²) in [6, 6.07) is -0.199. The molecule has 1 atom stereocenters. The average molecular weight is 304 g/mol. The van der Waals surface area contributed by atoms with E-state index in [2.05, 4.69) is 18.6 Å². The molecule has 6 heteroatoms. The van der Waals surface area contributed by atoms with Gasteiger partial charge in [0.15, 0.2) is 0 Å². The summed E-state index contributed by atoms with van der Waals surface area (Å²) in [5, 5.41) is 9.37. The zero-order valence-corrected chi connectivity index (χ0v) is 13.5. The third kappa shape index (κ3) is 3.93. The number of aliphatic hydroxyl groups is 1. The summed E-state index contributed by atoms with van der Waals surface area (Å²) in [5.74, 6) is 0. The molecule has 1 saturated heterocycles. The summed E-state index contributed by atoms with van der Waals surface area (Å²) < 4.78 is 29.3. The van der Waals surface area contributed by atoms with Crippen molar-refractivity contribution in [2.24, 2.45) is 5.41 Å². The van der Waals surface area contributed by atoms with Gasteiger partial charge < -0.3 is 5.11 Å². The first-order valence-corrected chi connectivity index (χ1v) is 9.18. The molecule has 0 radical (unpaired) electrons. The number of piperidine rings is 1. The second kappa shape index (κ2) is 6.30. The lowest BCUT2D eigenvalue weighted by atomic mass is 9.76. The van der Waals surface area contributed by atoms with Crippen LogP contribution in [0.1, 0.15) is 58.8 Å². The third-order valence-corrected chi connectivity index (χ3v) is 6.48. The summed E-state index contributed by atoms with van der Waals surface area (Å²) in [4.78, 5) is 0. The Hall–Kier alpha value is -0.170. The van der Waals surface area contributed by atoms with Crippen molar-refractivity contribution in [2.75, 3.05) is 13.2 Å². The molecule has 0 aromatic heterocycles.